The number of hydrogen-bond acceptors (Lipinski definition) is 5. The zero-order chi connectivity index (χ0) is 16.1. The molecule has 5 nitrogen and oxygen atoms in total. The Kier molecular flexibility index (Phi) is 5.75. The van der Waals surface area contributed by atoms with Crippen LogP contribution in [0.25, 0.3) is 0 Å². The first kappa shape index (κ1) is 16.6. The first-order valence-electron chi connectivity index (χ1n) is 8.70. The fourth-order valence-electron chi connectivity index (χ4n) is 3.30. The van der Waals surface area contributed by atoms with Crippen molar-refractivity contribution >= 4 is 23.5 Å². The van der Waals surface area contributed by atoms with E-state index in [4.69, 9.17) is 0 Å². The van der Waals surface area contributed by atoms with E-state index in [1.54, 1.807) is 6.33 Å². The van der Waals surface area contributed by atoms with Crippen molar-refractivity contribution in [3.8, 4) is 0 Å². The van der Waals surface area contributed by atoms with Crippen molar-refractivity contribution in [2.45, 2.75) is 56.5 Å². The summed E-state index contributed by atoms with van der Waals surface area (Å²) in [6.07, 6.45) is 8.78. The van der Waals surface area contributed by atoms with Crippen molar-refractivity contribution in [1.29, 1.82) is 0 Å². The first-order chi connectivity index (χ1) is 11.2. The average Bonchev–Trinajstić information content (AvgIpc) is 3.07. The zero-order valence-electron chi connectivity index (χ0n) is 13.8. The van der Waals surface area contributed by atoms with Gasteiger partial charge in [0.05, 0.1) is 5.75 Å². The minimum Gasteiger partial charge on any atom is -0.356 e. The van der Waals surface area contributed by atoms with Gasteiger partial charge in [0.15, 0.2) is 0 Å². The van der Waals surface area contributed by atoms with Crippen molar-refractivity contribution in [3.63, 3.8) is 0 Å². The number of carbonyl (C=O) groups excluding carboxylic acids is 1. The van der Waals surface area contributed by atoms with Gasteiger partial charge in [0.1, 0.15) is 17.2 Å². The molecule has 1 aromatic rings. The number of hydrogen-bond donors (Lipinski definition) is 1. The third-order valence-electron chi connectivity index (χ3n) is 4.81. The third-order valence-corrected chi connectivity index (χ3v) is 5.73. The van der Waals surface area contributed by atoms with Gasteiger partial charge in [-0.3, -0.25) is 4.79 Å². The molecule has 2 aliphatic rings. The summed E-state index contributed by atoms with van der Waals surface area (Å²) in [4.78, 5) is 23.0. The molecule has 23 heavy (non-hydrogen) atoms. The minimum absolute atomic E-state index is 0.119. The molecule has 1 N–H and O–H groups in total. The van der Waals surface area contributed by atoms with Crippen LogP contribution in [0.3, 0.4) is 0 Å². The van der Waals surface area contributed by atoms with Gasteiger partial charge in [0.25, 0.3) is 0 Å². The summed E-state index contributed by atoms with van der Waals surface area (Å²) < 4.78 is 0. The SMILES string of the molecule is CC1CCN(c2cc(SCC(=O)NC3CCCC3)ncn2)CC1. The number of thioether (sulfide) groups is 1. The number of carbonyl (C=O) groups is 1. The Hall–Kier alpha value is -1.30. The molecular formula is C17H26N4OS. The summed E-state index contributed by atoms with van der Waals surface area (Å²) in [5, 5.41) is 4.00. The fraction of sp³-hybridized carbons (Fsp3) is 0.706. The van der Waals surface area contributed by atoms with Crippen LogP contribution in [0.2, 0.25) is 0 Å². The fourth-order valence-corrected chi connectivity index (χ4v) is 3.97. The highest BCUT2D eigenvalue weighted by molar-refractivity contribution is 7.99. The van der Waals surface area contributed by atoms with E-state index in [1.165, 1.54) is 37.4 Å². The summed E-state index contributed by atoms with van der Waals surface area (Å²) in [6, 6.07) is 2.41. The van der Waals surface area contributed by atoms with Crippen molar-refractivity contribution in [2.24, 2.45) is 5.92 Å². The standard InChI is InChI=1S/C17H26N4OS/c1-13-6-8-21(9-7-13)15-10-17(19-12-18-15)23-11-16(22)20-14-4-2-3-5-14/h10,12-14H,2-9,11H2,1H3,(H,20,22). The second-order valence-corrected chi connectivity index (χ2v) is 7.72. The molecule has 1 aromatic heterocycles. The third kappa shape index (κ3) is 4.83. The van der Waals surface area contributed by atoms with Gasteiger partial charge in [-0.25, -0.2) is 9.97 Å². The Bertz CT molecular complexity index is 525. The number of anilines is 1. The molecule has 126 valence electrons. The predicted molar refractivity (Wildman–Crippen MR) is 93.8 cm³/mol. The van der Waals surface area contributed by atoms with E-state index in [0.29, 0.717) is 11.8 Å². The van der Waals surface area contributed by atoms with Gasteiger partial charge >= 0.3 is 0 Å². The second-order valence-electron chi connectivity index (χ2n) is 6.72. The van der Waals surface area contributed by atoms with E-state index in [2.05, 4.69) is 27.1 Å². The van der Waals surface area contributed by atoms with Crippen LogP contribution in [0.4, 0.5) is 5.82 Å². The molecule has 1 saturated carbocycles. The molecule has 0 atom stereocenters. The maximum Gasteiger partial charge on any atom is 0.230 e. The summed E-state index contributed by atoms with van der Waals surface area (Å²) in [7, 11) is 0. The molecule has 0 bridgehead atoms. The highest BCUT2D eigenvalue weighted by atomic mass is 32.2. The molecule has 1 aliphatic heterocycles. The Labute approximate surface area is 142 Å². The van der Waals surface area contributed by atoms with Crippen LogP contribution in [0.1, 0.15) is 45.4 Å². The molecule has 6 heteroatoms. The maximum absolute atomic E-state index is 12.0. The van der Waals surface area contributed by atoms with Crippen LogP contribution in [0.15, 0.2) is 17.4 Å². The monoisotopic (exact) mass is 334 g/mol. The van der Waals surface area contributed by atoms with E-state index in [1.807, 2.05) is 6.07 Å². The van der Waals surface area contributed by atoms with Gasteiger partial charge in [-0.1, -0.05) is 31.5 Å². The van der Waals surface area contributed by atoms with Crippen LogP contribution in [-0.4, -0.2) is 40.8 Å². The van der Waals surface area contributed by atoms with Crippen LogP contribution < -0.4 is 10.2 Å². The Morgan fingerprint density at radius 1 is 1.26 bits per heavy atom. The van der Waals surface area contributed by atoms with Gasteiger partial charge in [0, 0.05) is 25.2 Å². The van der Waals surface area contributed by atoms with E-state index in [0.717, 1.165) is 42.7 Å². The quantitative estimate of drug-likeness (QED) is 0.663. The largest absolute Gasteiger partial charge is 0.356 e. The number of nitrogens with zero attached hydrogens (tertiary/aromatic N) is 3. The van der Waals surface area contributed by atoms with Crippen LogP contribution in [0.5, 0.6) is 0 Å². The molecule has 3 rings (SSSR count). The van der Waals surface area contributed by atoms with E-state index >= 15 is 0 Å². The maximum atomic E-state index is 12.0. The second kappa shape index (κ2) is 7.99. The van der Waals surface area contributed by atoms with Crippen molar-refractivity contribution in [1.82, 2.24) is 15.3 Å². The smallest absolute Gasteiger partial charge is 0.230 e. The van der Waals surface area contributed by atoms with Crippen LogP contribution >= 0.6 is 11.8 Å². The molecule has 0 radical (unpaired) electrons. The van der Waals surface area contributed by atoms with Crippen molar-refractivity contribution < 1.29 is 4.79 Å². The van der Waals surface area contributed by atoms with Gasteiger partial charge in [-0.2, -0.15) is 0 Å². The Morgan fingerprint density at radius 2 is 2.00 bits per heavy atom. The molecule has 1 saturated heterocycles. The molecule has 1 aliphatic carbocycles. The number of piperidine rings is 1. The van der Waals surface area contributed by atoms with Gasteiger partial charge in [-0.05, 0) is 31.6 Å². The van der Waals surface area contributed by atoms with Crippen LogP contribution in [-0.2, 0) is 4.79 Å². The Balaban J connectivity index is 1.50. The lowest BCUT2D eigenvalue weighted by Crippen LogP contribution is -2.34. The predicted octanol–water partition coefficient (Wildman–Crippen LogP) is 2.86. The molecule has 2 heterocycles. The Morgan fingerprint density at radius 3 is 2.74 bits per heavy atom. The molecular weight excluding hydrogens is 308 g/mol. The van der Waals surface area contributed by atoms with Gasteiger partial charge < -0.3 is 10.2 Å². The normalized spacial score (nSPS) is 20.0. The van der Waals surface area contributed by atoms with Gasteiger partial charge in [0.2, 0.25) is 5.91 Å². The number of nitrogens with one attached hydrogen (secondary N) is 1. The van der Waals surface area contributed by atoms with E-state index in [-0.39, 0.29) is 5.91 Å². The molecule has 0 aromatic carbocycles. The van der Waals surface area contributed by atoms with E-state index < -0.39 is 0 Å². The van der Waals surface area contributed by atoms with Gasteiger partial charge in [-0.15, -0.1) is 0 Å². The average molecular weight is 334 g/mol. The highest BCUT2D eigenvalue weighted by Crippen LogP contribution is 2.24. The first-order valence-corrected chi connectivity index (χ1v) is 9.68. The van der Waals surface area contributed by atoms with Crippen molar-refractivity contribution in [2.75, 3.05) is 23.7 Å². The number of rotatable bonds is 5. The highest BCUT2D eigenvalue weighted by Gasteiger charge is 2.19. The number of amides is 1. The summed E-state index contributed by atoms with van der Waals surface area (Å²) in [6.45, 7) is 4.43. The lowest BCUT2D eigenvalue weighted by molar-refractivity contribution is -0.119. The molecule has 1 amide bonds. The lowest BCUT2D eigenvalue weighted by Gasteiger charge is -2.31. The minimum atomic E-state index is 0.119. The van der Waals surface area contributed by atoms with E-state index in [9.17, 15) is 4.79 Å². The molecule has 2 fully saturated rings. The summed E-state index contributed by atoms with van der Waals surface area (Å²) >= 11 is 1.50. The number of aromatic nitrogens is 2. The summed E-state index contributed by atoms with van der Waals surface area (Å²) in [5.41, 5.74) is 0. The zero-order valence-corrected chi connectivity index (χ0v) is 14.6. The van der Waals surface area contributed by atoms with Crippen molar-refractivity contribution in [3.05, 3.63) is 12.4 Å². The summed E-state index contributed by atoms with van der Waals surface area (Å²) in [5.74, 6) is 2.35. The van der Waals surface area contributed by atoms with Crippen LogP contribution in [0, 0.1) is 5.92 Å². The lowest BCUT2D eigenvalue weighted by atomic mass is 9.99. The molecule has 0 unspecified atom stereocenters. The molecule has 0 spiro atoms. The topological polar surface area (TPSA) is 58.1 Å².